The molecule has 0 atom stereocenters. The summed E-state index contributed by atoms with van der Waals surface area (Å²) in [6, 6.07) is 8.60. The molecule has 126 valence electrons. The predicted octanol–water partition coefficient (Wildman–Crippen LogP) is 4.25. The van der Waals surface area contributed by atoms with Gasteiger partial charge in [-0.05, 0) is 38.2 Å². The first-order chi connectivity index (χ1) is 11.5. The number of benzene rings is 1. The molecule has 2 aromatic rings. The highest BCUT2D eigenvalue weighted by Crippen LogP contribution is 2.39. The highest BCUT2D eigenvalue weighted by Gasteiger charge is 2.35. The van der Waals surface area contributed by atoms with E-state index in [1.54, 1.807) is 0 Å². The molecule has 3 rings (SSSR count). The molecule has 0 saturated heterocycles. The minimum atomic E-state index is -0.579. The number of anilines is 1. The second kappa shape index (κ2) is 6.23. The Balaban J connectivity index is 2.03. The molecule has 1 aromatic heterocycles. The van der Waals surface area contributed by atoms with Crippen molar-refractivity contribution in [2.24, 2.45) is 4.99 Å². The van der Waals surface area contributed by atoms with Crippen molar-refractivity contribution in [3.8, 4) is 5.88 Å². The smallest absolute Gasteiger partial charge is 0.246 e. The lowest BCUT2D eigenvalue weighted by Crippen LogP contribution is -2.41. The SMILES string of the molecule is CCC(CC)c1ccc(C2=Nc3c(N)ncnc3OC2(C)C)cc1. The van der Waals surface area contributed by atoms with Gasteiger partial charge in [0.1, 0.15) is 11.9 Å². The van der Waals surface area contributed by atoms with Crippen LogP contribution >= 0.6 is 0 Å². The highest BCUT2D eigenvalue weighted by atomic mass is 16.5. The van der Waals surface area contributed by atoms with E-state index >= 15 is 0 Å². The van der Waals surface area contributed by atoms with Crippen molar-refractivity contribution in [1.29, 1.82) is 0 Å². The highest BCUT2D eigenvalue weighted by molar-refractivity contribution is 6.09. The molecule has 2 heterocycles. The molecule has 0 saturated carbocycles. The van der Waals surface area contributed by atoms with Gasteiger partial charge in [-0.15, -0.1) is 0 Å². The van der Waals surface area contributed by atoms with Gasteiger partial charge < -0.3 is 10.5 Å². The van der Waals surface area contributed by atoms with E-state index in [4.69, 9.17) is 15.5 Å². The van der Waals surface area contributed by atoms with Crippen LogP contribution in [0, 0.1) is 0 Å². The average molecular weight is 324 g/mol. The molecule has 0 amide bonds. The van der Waals surface area contributed by atoms with Gasteiger partial charge in [0.25, 0.3) is 0 Å². The third-order valence-electron chi connectivity index (χ3n) is 4.60. The first kappa shape index (κ1) is 16.4. The van der Waals surface area contributed by atoms with Crippen molar-refractivity contribution in [2.75, 3.05) is 5.73 Å². The minimum absolute atomic E-state index is 0.335. The Morgan fingerprint density at radius 3 is 2.38 bits per heavy atom. The van der Waals surface area contributed by atoms with Gasteiger partial charge in [0.2, 0.25) is 5.88 Å². The third-order valence-corrected chi connectivity index (χ3v) is 4.60. The monoisotopic (exact) mass is 324 g/mol. The summed E-state index contributed by atoms with van der Waals surface area (Å²) in [6.45, 7) is 8.43. The Kier molecular flexibility index (Phi) is 4.26. The molecule has 24 heavy (non-hydrogen) atoms. The van der Waals surface area contributed by atoms with Gasteiger partial charge in [0, 0.05) is 5.56 Å². The van der Waals surface area contributed by atoms with E-state index in [0.717, 1.165) is 24.1 Å². The number of nitrogen functional groups attached to an aromatic ring is 1. The number of hydrogen-bond acceptors (Lipinski definition) is 5. The van der Waals surface area contributed by atoms with E-state index in [0.29, 0.717) is 23.3 Å². The lowest BCUT2D eigenvalue weighted by molar-refractivity contribution is 0.171. The topological polar surface area (TPSA) is 73.4 Å². The van der Waals surface area contributed by atoms with Crippen molar-refractivity contribution in [3.05, 3.63) is 41.7 Å². The van der Waals surface area contributed by atoms with Crippen LogP contribution in [0.3, 0.4) is 0 Å². The van der Waals surface area contributed by atoms with Crippen LogP contribution in [-0.4, -0.2) is 21.3 Å². The standard InChI is InChI=1S/C19H24N4O/c1-5-12(6-2)13-7-9-14(10-8-13)16-19(3,4)24-18-15(23-16)17(20)21-11-22-18/h7-12H,5-6H2,1-4H3,(H2,20,21,22). The van der Waals surface area contributed by atoms with Crippen LogP contribution in [0.1, 0.15) is 57.6 Å². The zero-order valence-electron chi connectivity index (χ0n) is 14.7. The number of hydrogen-bond donors (Lipinski definition) is 1. The van der Waals surface area contributed by atoms with Gasteiger partial charge in [0.15, 0.2) is 11.5 Å². The van der Waals surface area contributed by atoms with Gasteiger partial charge in [0.05, 0.1) is 5.71 Å². The molecule has 0 radical (unpaired) electrons. The summed E-state index contributed by atoms with van der Waals surface area (Å²) < 4.78 is 6.03. The first-order valence-electron chi connectivity index (χ1n) is 8.45. The van der Waals surface area contributed by atoms with Crippen LogP contribution in [0.2, 0.25) is 0 Å². The van der Waals surface area contributed by atoms with E-state index in [1.165, 1.54) is 11.9 Å². The minimum Gasteiger partial charge on any atom is -0.463 e. The van der Waals surface area contributed by atoms with E-state index in [9.17, 15) is 0 Å². The Morgan fingerprint density at radius 1 is 1.08 bits per heavy atom. The summed E-state index contributed by atoms with van der Waals surface area (Å²) in [5, 5.41) is 0. The first-order valence-corrected chi connectivity index (χ1v) is 8.45. The summed E-state index contributed by atoms with van der Waals surface area (Å²) in [6.07, 6.45) is 3.69. The Bertz CT molecular complexity index is 761. The fourth-order valence-electron chi connectivity index (χ4n) is 3.18. The normalized spacial score (nSPS) is 15.6. The summed E-state index contributed by atoms with van der Waals surface area (Å²) in [5.74, 6) is 1.37. The maximum atomic E-state index is 6.03. The lowest BCUT2D eigenvalue weighted by Gasteiger charge is -2.32. The Hall–Kier alpha value is -2.43. The number of rotatable bonds is 4. The summed E-state index contributed by atoms with van der Waals surface area (Å²) in [5.41, 5.74) is 9.10. The molecule has 1 aliphatic rings. The molecule has 0 aliphatic carbocycles. The second-order valence-corrected chi connectivity index (χ2v) is 6.62. The molecule has 1 aliphatic heterocycles. The molecule has 0 spiro atoms. The van der Waals surface area contributed by atoms with Gasteiger partial charge in [-0.3, -0.25) is 0 Å². The Morgan fingerprint density at radius 2 is 1.75 bits per heavy atom. The Labute approximate surface area is 143 Å². The van der Waals surface area contributed by atoms with Crippen molar-refractivity contribution >= 4 is 17.2 Å². The summed E-state index contributed by atoms with van der Waals surface area (Å²) >= 11 is 0. The maximum Gasteiger partial charge on any atom is 0.246 e. The van der Waals surface area contributed by atoms with Crippen LogP contribution in [0.5, 0.6) is 5.88 Å². The third kappa shape index (κ3) is 2.86. The van der Waals surface area contributed by atoms with Crippen LogP contribution < -0.4 is 10.5 Å². The van der Waals surface area contributed by atoms with Crippen molar-refractivity contribution in [3.63, 3.8) is 0 Å². The van der Waals surface area contributed by atoms with Gasteiger partial charge in [-0.25, -0.2) is 9.98 Å². The summed E-state index contributed by atoms with van der Waals surface area (Å²) in [4.78, 5) is 12.9. The molecule has 5 nitrogen and oxygen atoms in total. The van der Waals surface area contributed by atoms with Gasteiger partial charge in [-0.2, -0.15) is 4.98 Å². The second-order valence-electron chi connectivity index (χ2n) is 6.62. The van der Waals surface area contributed by atoms with Crippen LogP contribution in [0.4, 0.5) is 11.5 Å². The number of fused-ring (bicyclic) bond motifs is 1. The molecular weight excluding hydrogens is 300 g/mol. The quantitative estimate of drug-likeness (QED) is 0.912. The zero-order chi connectivity index (χ0) is 17.3. The average Bonchev–Trinajstić information content (AvgIpc) is 2.56. The number of aliphatic imine (C=N–C) groups is 1. The molecular formula is C19H24N4O. The van der Waals surface area contributed by atoms with E-state index < -0.39 is 5.60 Å². The van der Waals surface area contributed by atoms with Crippen LogP contribution in [-0.2, 0) is 0 Å². The number of aromatic nitrogens is 2. The molecule has 0 fully saturated rings. The molecule has 5 heteroatoms. The number of ether oxygens (including phenoxy) is 1. The van der Waals surface area contributed by atoms with Crippen molar-refractivity contribution in [2.45, 2.75) is 52.1 Å². The molecule has 0 bridgehead atoms. The fourth-order valence-corrected chi connectivity index (χ4v) is 3.18. The maximum absolute atomic E-state index is 6.03. The molecule has 2 N–H and O–H groups in total. The van der Waals surface area contributed by atoms with Gasteiger partial charge in [-0.1, -0.05) is 38.1 Å². The van der Waals surface area contributed by atoms with E-state index in [1.807, 2.05) is 13.8 Å². The van der Waals surface area contributed by atoms with Crippen LogP contribution in [0.15, 0.2) is 35.6 Å². The van der Waals surface area contributed by atoms with Gasteiger partial charge >= 0.3 is 0 Å². The van der Waals surface area contributed by atoms with E-state index in [2.05, 4.69) is 48.1 Å². The number of nitrogens with two attached hydrogens (primary N) is 1. The molecule has 1 aromatic carbocycles. The number of nitrogens with zero attached hydrogens (tertiary/aromatic N) is 3. The predicted molar refractivity (Wildman–Crippen MR) is 97.1 cm³/mol. The lowest BCUT2D eigenvalue weighted by atomic mass is 9.90. The fraction of sp³-hybridized carbons (Fsp3) is 0.421. The zero-order valence-corrected chi connectivity index (χ0v) is 14.7. The molecule has 0 unspecified atom stereocenters. The van der Waals surface area contributed by atoms with Crippen LogP contribution in [0.25, 0.3) is 0 Å². The largest absolute Gasteiger partial charge is 0.463 e. The summed E-state index contributed by atoms with van der Waals surface area (Å²) in [7, 11) is 0. The van der Waals surface area contributed by atoms with Crippen molar-refractivity contribution < 1.29 is 4.74 Å². The van der Waals surface area contributed by atoms with Crippen molar-refractivity contribution in [1.82, 2.24) is 9.97 Å². The van der Waals surface area contributed by atoms with E-state index in [-0.39, 0.29) is 0 Å².